The number of rotatable bonds is 3. The molecule has 14 heavy (non-hydrogen) atoms. The lowest BCUT2D eigenvalue weighted by Gasteiger charge is -2.03. The smallest absolute Gasteiger partial charge is 0.0990 e. The molecule has 1 aromatic carbocycles. The summed E-state index contributed by atoms with van der Waals surface area (Å²) in [7, 11) is 0. The molecule has 1 atom stereocenters. The maximum absolute atomic E-state index is 5.04. The first kappa shape index (κ1) is 9.58. The molecule has 0 aliphatic carbocycles. The van der Waals surface area contributed by atoms with Crippen molar-refractivity contribution >= 4 is 21.6 Å². The average molecular weight is 208 g/mol. The van der Waals surface area contributed by atoms with E-state index in [9.17, 15) is 0 Å². The van der Waals surface area contributed by atoms with Crippen LogP contribution in [0.2, 0.25) is 0 Å². The maximum atomic E-state index is 5.04. The van der Waals surface area contributed by atoms with Gasteiger partial charge in [-0.25, -0.2) is 10.9 Å². The fraction of sp³-hybridized carbons (Fsp3) is 0.300. The third-order valence-corrected chi connectivity index (χ3v) is 3.35. The van der Waals surface area contributed by atoms with E-state index in [0.717, 1.165) is 10.5 Å². The fourth-order valence-electron chi connectivity index (χ4n) is 1.32. The molecule has 0 bridgehead atoms. The summed E-state index contributed by atoms with van der Waals surface area (Å²) in [4.78, 5) is 9.13. The Bertz CT molecular complexity index is 394. The van der Waals surface area contributed by atoms with Gasteiger partial charge in [-0.3, -0.25) is 0 Å². The first-order chi connectivity index (χ1) is 6.81. The highest BCUT2D eigenvalue weighted by molar-refractivity contribution is 7.18. The van der Waals surface area contributed by atoms with Crippen molar-refractivity contribution < 1.29 is 4.84 Å². The van der Waals surface area contributed by atoms with Gasteiger partial charge in [-0.2, -0.15) is 0 Å². The number of para-hydroxylation sites is 1. The van der Waals surface area contributed by atoms with Crippen molar-refractivity contribution in [1.82, 2.24) is 4.98 Å². The summed E-state index contributed by atoms with van der Waals surface area (Å²) >= 11 is 1.70. The first-order valence-electron chi connectivity index (χ1n) is 4.48. The van der Waals surface area contributed by atoms with E-state index in [1.54, 1.807) is 11.3 Å². The Hall–Kier alpha value is -0.970. The van der Waals surface area contributed by atoms with E-state index in [4.69, 9.17) is 5.90 Å². The summed E-state index contributed by atoms with van der Waals surface area (Å²) in [5, 5.41) is 1.08. The normalized spacial score (nSPS) is 13.3. The van der Waals surface area contributed by atoms with Gasteiger partial charge in [-0.15, -0.1) is 11.3 Å². The molecule has 0 aliphatic rings. The van der Waals surface area contributed by atoms with Crippen LogP contribution < -0.4 is 5.90 Å². The molecule has 1 aromatic heterocycles. The van der Waals surface area contributed by atoms with Gasteiger partial charge in [-0.05, 0) is 12.1 Å². The molecule has 2 rings (SSSR count). The van der Waals surface area contributed by atoms with E-state index in [2.05, 4.69) is 22.8 Å². The summed E-state index contributed by atoms with van der Waals surface area (Å²) in [5.74, 6) is 5.30. The van der Waals surface area contributed by atoms with Crippen LogP contribution in [0.25, 0.3) is 10.2 Å². The number of hydrogen-bond acceptors (Lipinski definition) is 4. The quantitative estimate of drug-likeness (QED) is 0.787. The minimum atomic E-state index is 0.261. The van der Waals surface area contributed by atoms with E-state index in [-0.39, 0.29) is 5.92 Å². The monoisotopic (exact) mass is 208 g/mol. The zero-order valence-electron chi connectivity index (χ0n) is 7.93. The summed E-state index contributed by atoms with van der Waals surface area (Å²) < 4.78 is 1.21. The van der Waals surface area contributed by atoms with E-state index in [0.29, 0.717) is 6.61 Å². The van der Waals surface area contributed by atoms with Crippen molar-refractivity contribution in [3.05, 3.63) is 29.3 Å². The second kappa shape index (κ2) is 4.04. The minimum Gasteiger partial charge on any atom is -0.304 e. The molecule has 2 N–H and O–H groups in total. The van der Waals surface area contributed by atoms with Crippen molar-refractivity contribution in [2.75, 3.05) is 6.61 Å². The first-order valence-corrected chi connectivity index (χ1v) is 5.30. The van der Waals surface area contributed by atoms with Crippen molar-refractivity contribution in [1.29, 1.82) is 0 Å². The number of hydrogen-bond donors (Lipinski definition) is 1. The Morgan fingerprint density at radius 2 is 2.29 bits per heavy atom. The Balaban J connectivity index is 2.35. The summed E-state index contributed by atoms with van der Waals surface area (Å²) in [6, 6.07) is 8.11. The fourth-order valence-corrected chi connectivity index (χ4v) is 2.32. The number of nitrogens with zero attached hydrogens (tertiary/aromatic N) is 1. The van der Waals surface area contributed by atoms with E-state index in [1.807, 2.05) is 18.2 Å². The highest BCUT2D eigenvalue weighted by atomic mass is 32.1. The molecule has 4 heteroatoms. The summed E-state index contributed by atoms with van der Waals surface area (Å²) in [6.07, 6.45) is 0. The van der Waals surface area contributed by atoms with Gasteiger partial charge >= 0.3 is 0 Å². The van der Waals surface area contributed by atoms with Gasteiger partial charge in [0.1, 0.15) is 0 Å². The van der Waals surface area contributed by atoms with Crippen LogP contribution in [-0.2, 0) is 4.84 Å². The molecule has 3 nitrogen and oxygen atoms in total. The number of nitrogens with two attached hydrogens (primary N) is 1. The maximum Gasteiger partial charge on any atom is 0.0990 e. The molecule has 0 saturated carbocycles. The molecule has 74 valence electrons. The molecule has 1 heterocycles. The zero-order valence-corrected chi connectivity index (χ0v) is 8.75. The Kier molecular flexibility index (Phi) is 2.77. The number of fused-ring (bicyclic) bond motifs is 1. The van der Waals surface area contributed by atoms with Crippen LogP contribution >= 0.6 is 11.3 Å². The molecule has 0 spiro atoms. The summed E-state index contributed by atoms with van der Waals surface area (Å²) in [5.41, 5.74) is 1.05. The molecule has 0 aliphatic heterocycles. The predicted molar refractivity (Wildman–Crippen MR) is 58.2 cm³/mol. The molecular weight excluding hydrogens is 196 g/mol. The van der Waals surface area contributed by atoms with Crippen LogP contribution in [-0.4, -0.2) is 11.6 Å². The second-order valence-electron chi connectivity index (χ2n) is 3.25. The lowest BCUT2D eigenvalue weighted by atomic mass is 10.2. The van der Waals surface area contributed by atoms with Gasteiger partial charge in [0, 0.05) is 5.92 Å². The Morgan fingerprint density at radius 3 is 3.00 bits per heavy atom. The molecule has 0 saturated heterocycles. The van der Waals surface area contributed by atoms with Gasteiger partial charge in [0.05, 0.1) is 21.8 Å². The van der Waals surface area contributed by atoms with Gasteiger partial charge in [0.25, 0.3) is 0 Å². The van der Waals surface area contributed by atoms with E-state index < -0.39 is 0 Å². The number of aromatic nitrogens is 1. The summed E-state index contributed by atoms with van der Waals surface area (Å²) in [6.45, 7) is 2.57. The van der Waals surface area contributed by atoms with Crippen molar-refractivity contribution in [2.45, 2.75) is 12.8 Å². The van der Waals surface area contributed by atoms with Crippen LogP contribution in [0.15, 0.2) is 24.3 Å². The predicted octanol–water partition coefficient (Wildman–Crippen LogP) is 2.29. The second-order valence-corrected chi connectivity index (χ2v) is 4.32. The van der Waals surface area contributed by atoms with Gasteiger partial charge in [-0.1, -0.05) is 19.1 Å². The molecule has 2 aromatic rings. The minimum absolute atomic E-state index is 0.261. The lowest BCUT2D eigenvalue weighted by molar-refractivity contribution is 0.126. The molecule has 1 unspecified atom stereocenters. The van der Waals surface area contributed by atoms with Crippen LogP contribution in [0.5, 0.6) is 0 Å². The van der Waals surface area contributed by atoms with Gasteiger partial charge in [0.2, 0.25) is 0 Å². The Morgan fingerprint density at radius 1 is 1.50 bits per heavy atom. The van der Waals surface area contributed by atoms with Crippen LogP contribution in [0, 0.1) is 0 Å². The molecular formula is C10H12N2OS. The van der Waals surface area contributed by atoms with Crippen molar-refractivity contribution in [3.8, 4) is 0 Å². The van der Waals surface area contributed by atoms with Gasteiger partial charge < -0.3 is 4.84 Å². The SMILES string of the molecule is CC(CON)c1nc2ccccc2s1. The highest BCUT2D eigenvalue weighted by Crippen LogP contribution is 2.26. The Labute approximate surface area is 86.5 Å². The topological polar surface area (TPSA) is 48.1 Å². The lowest BCUT2D eigenvalue weighted by Crippen LogP contribution is -2.07. The largest absolute Gasteiger partial charge is 0.304 e. The van der Waals surface area contributed by atoms with Gasteiger partial charge in [0.15, 0.2) is 0 Å². The van der Waals surface area contributed by atoms with Crippen LogP contribution in [0.3, 0.4) is 0 Å². The average Bonchev–Trinajstić information content (AvgIpc) is 2.61. The molecule has 0 fully saturated rings. The number of thiazole rings is 1. The molecule has 0 radical (unpaired) electrons. The van der Waals surface area contributed by atoms with Crippen LogP contribution in [0.4, 0.5) is 0 Å². The van der Waals surface area contributed by atoms with Crippen molar-refractivity contribution in [2.24, 2.45) is 5.90 Å². The van der Waals surface area contributed by atoms with Crippen molar-refractivity contribution in [3.63, 3.8) is 0 Å². The third-order valence-electron chi connectivity index (χ3n) is 2.08. The molecule has 0 amide bonds. The number of benzene rings is 1. The third kappa shape index (κ3) is 1.77. The van der Waals surface area contributed by atoms with Crippen LogP contribution in [0.1, 0.15) is 17.8 Å². The highest BCUT2D eigenvalue weighted by Gasteiger charge is 2.10. The van der Waals surface area contributed by atoms with E-state index >= 15 is 0 Å². The zero-order chi connectivity index (χ0) is 9.97. The van der Waals surface area contributed by atoms with E-state index in [1.165, 1.54) is 4.70 Å². The standard InChI is InChI=1S/C10H12N2OS/c1-7(6-13-11)10-12-8-4-2-3-5-9(8)14-10/h2-5,7H,6,11H2,1H3.